The second-order valence-electron chi connectivity index (χ2n) is 5.69. The molecule has 1 aliphatic heterocycles. The Kier molecular flexibility index (Phi) is 2.83. The minimum Gasteiger partial charge on any atom is -0.387 e. The van der Waals surface area contributed by atoms with Crippen LogP contribution in [-0.2, 0) is 6.54 Å². The maximum atomic E-state index is 13.7. The van der Waals surface area contributed by atoms with E-state index >= 15 is 0 Å². The monoisotopic (exact) mass is 264 g/mol. The topological polar surface area (TPSA) is 66.6 Å². The van der Waals surface area contributed by atoms with Crippen LogP contribution in [0.4, 0.5) is 4.39 Å². The molecule has 2 aliphatic rings. The number of carbonyl (C=O) groups is 1. The Morgan fingerprint density at radius 3 is 2.74 bits per heavy atom. The summed E-state index contributed by atoms with van der Waals surface area (Å²) >= 11 is 0. The second kappa shape index (κ2) is 4.28. The van der Waals surface area contributed by atoms with Crippen LogP contribution in [-0.4, -0.2) is 34.6 Å². The zero-order valence-corrected chi connectivity index (χ0v) is 10.6. The average Bonchev–Trinajstić information content (AvgIpc) is 3.13. The van der Waals surface area contributed by atoms with Gasteiger partial charge in [0.25, 0.3) is 0 Å². The Morgan fingerprint density at radius 1 is 1.47 bits per heavy atom. The Balaban J connectivity index is 1.67. The number of halogens is 1. The highest BCUT2D eigenvalue weighted by Gasteiger charge is 2.51. The van der Waals surface area contributed by atoms with Gasteiger partial charge >= 0.3 is 0 Å². The van der Waals surface area contributed by atoms with E-state index in [2.05, 4.69) is 0 Å². The van der Waals surface area contributed by atoms with Crippen molar-refractivity contribution < 1.29 is 14.3 Å². The van der Waals surface area contributed by atoms with Crippen LogP contribution in [0.15, 0.2) is 18.2 Å². The van der Waals surface area contributed by atoms with E-state index in [1.54, 1.807) is 0 Å². The number of benzene rings is 1. The molecular weight excluding hydrogens is 247 g/mol. The fraction of sp³-hybridized carbons (Fsp3) is 0.500. The van der Waals surface area contributed by atoms with Gasteiger partial charge in [0.2, 0.25) is 5.91 Å². The predicted octanol–water partition coefficient (Wildman–Crippen LogP) is 0.881. The number of hydrogen-bond donors (Lipinski definition) is 2. The molecule has 0 bridgehead atoms. The summed E-state index contributed by atoms with van der Waals surface area (Å²) in [6, 6.07) is 4.15. The van der Waals surface area contributed by atoms with Gasteiger partial charge in [-0.15, -0.1) is 0 Å². The number of nitrogens with zero attached hydrogens (tertiary/aromatic N) is 1. The van der Waals surface area contributed by atoms with Crippen molar-refractivity contribution >= 4 is 5.91 Å². The van der Waals surface area contributed by atoms with Gasteiger partial charge in [0.1, 0.15) is 5.82 Å². The van der Waals surface area contributed by atoms with E-state index in [0.717, 1.165) is 12.8 Å². The number of primary amides is 1. The highest BCUT2D eigenvalue weighted by atomic mass is 19.1. The number of nitrogens with two attached hydrogens (primary N) is 1. The van der Waals surface area contributed by atoms with Crippen LogP contribution >= 0.6 is 0 Å². The zero-order chi connectivity index (χ0) is 13.6. The Labute approximate surface area is 111 Å². The molecule has 102 valence electrons. The average molecular weight is 264 g/mol. The standard InChI is InChI=1S/C14H17FN2O2/c15-12-4-1-9(13(16)18)5-10(12)6-17-7-14(19,8-17)11-2-3-11/h1,4-5,11,19H,2-3,6-8H2,(H2,16,18). The Bertz CT molecular complexity index is 522. The molecule has 2 fully saturated rings. The number of hydrogen-bond acceptors (Lipinski definition) is 3. The molecule has 5 heteroatoms. The molecular formula is C14H17FN2O2. The first-order valence-electron chi connectivity index (χ1n) is 6.51. The second-order valence-corrected chi connectivity index (χ2v) is 5.69. The van der Waals surface area contributed by atoms with Gasteiger partial charge < -0.3 is 10.8 Å². The molecule has 1 amide bonds. The quantitative estimate of drug-likeness (QED) is 0.848. The lowest BCUT2D eigenvalue weighted by atomic mass is 9.88. The highest BCUT2D eigenvalue weighted by molar-refractivity contribution is 5.92. The SMILES string of the molecule is NC(=O)c1ccc(F)c(CN2CC(O)(C3CC3)C2)c1. The van der Waals surface area contributed by atoms with Gasteiger partial charge in [0.05, 0.1) is 5.60 Å². The summed E-state index contributed by atoms with van der Waals surface area (Å²) in [5.74, 6) is -0.475. The van der Waals surface area contributed by atoms with E-state index in [4.69, 9.17) is 5.73 Å². The third-order valence-electron chi connectivity index (χ3n) is 4.06. The first-order chi connectivity index (χ1) is 8.98. The van der Waals surface area contributed by atoms with Crippen molar-refractivity contribution in [3.8, 4) is 0 Å². The molecule has 1 aromatic carbocycles. The third kappa shape index (κ3) is 2.35. The van der Waals surface area contributed by atoms with E-state index in [0.29, 0.717) is 36.7 Å². The molecule has 1 saturated heterocycles. The van der Waals surface area contributed by atoms with Gasteiger partial charge in [0, 0.05) is 30.8 Å². The lowest BCUT2D eigenvalue weighted by molar-refractivity contribution is -0.116. The molecule has 4 nitrogen and oxygen atoms in total. The fourth-order valence-electron chi connectivity index (χ4n) is 2.81. The van der Waals surface area contributed by atoms with Crippen LogP contribution in [0.1, 0.15) is 28.8 Å². The summed E-state index contributed by atoms with van der Waals surface area (Å²) in [7, 11) is 0. The molecule has 1 saturated carbocycles. The molecule has 3 N–H and O–H groups in total. The van der Waals surface area contributed by atoms with Crippen LogP contribution in [0, 0.1) is 11.7 Å². The van der Waals surface area contributed by atoms with Gasteiger partial charge in [-0.1, -0.05) is 0 Å². The van der Waals surface area contributed by atoms with Crippen molar-refractivity contribution in [2.45, 2.75) is 25.0 Å². The number of rotatable bonds is 4. The van der Waals surface area contributed by atoms with E-state index in [-0.39, 0.29) is 5.82 Å². The maximum absolute atomic E-state index is 13.7. The third-order valence-corrected chi connectivity index (χ3v) is 4.06. The normalized spacial score (nSPS) is 22.0. The number of likely N-dealkylation sites (tertiary alicyclic amines) is 1. The van der Waals surface area contributed by atoms with Crippen LogP contribution < -0.4 is 5.73 Å². The minimum atomic E-state index is -0.572. The van der Waals surface area contributed by atoms with Gasteiger partial charge in [-0.2, -0.15) is 0 Å². The lowest BCUT2D eigenvalue weighted by Crippen LogP contribution is -2.62. The minimum absolute atomic E-state index is 0.314. The predicted molar refractivity (Wildman–Crippen MR) is 67.9 cm³/mol. The number of β-amino-alcohol motifs (C(OH)–C–C–N with tert-alkyl or cyclic N) is 1. The molecule has 0 unspecified atom stereocenters. The number of aliphatic hydroxyl groups is 1. The van der Waals surface area contributed by atoms with Crippen LogP contribution in [0.5, 0.6) is 0 Å². The Morgan fingerprint density at radius 2 is 2.16 bits per heavy atom. The first kappa shape index (κ1) is 12.6. The zero-order valence-electron chi connectivity index (χ0n) is 10.6. The van der Waals surface area contributed by atoms with Crippen LogP contribution in [0.2, 0.25) is 0 Å². The van der Waals surface area contributed by atoms with Gasteiger partial charge in [-0.3, -0.25) is 9.69 Å². The van der Waals surface area contributed by atoms with Crippen molar-refractivity contribution in [2.75, 3.05) is 13.1 Å². The fourth-order valence-corrected chi connectivity index (χ4v) is 2.81. The van der Waals surface area contributed by atoms with E-state index in [1.807, 2.05) is 4.90 Å². The molecule has 1 aliphatic carbocycles. The Hall–Kier alpha value is -1.46. The van der Waals surface area contributed by atoms with Gasteiger partial charge in [0.15, 0.2) is 0 Å². The van der Waals surface area contributed by atoms with Crippen molar-refractivity contribution in [1.29, 1.82) is 0 Å². The van der Waals surface area contributed by atoms with Crippen molar-refractivity contribution in [2.24, 2.45) is 11.7 Å². The highest BCUT2D eigenvalue weighted by Crippen LogP contribution is 2.44. The van der Waals surface area contributed by atoms with Gasteiger partial charge in [-0.05, 0) is 37.0 Å². The molecule has 1 heterocycles. The molecule has 1 aromatic rings. The van der Waals surface area contributed by atoms with E-state index < -0.39 is 11.5 Å². The van der Waals surface area contributed by atoms with Crippen LogP contribution in [0.25, 0.3) is 0 Å². The molecule has 3 rings (SSSR count). The van der Waals surface area contributed by atoms with E-state index in [1.165, 1.54) is 18.2 Å². The lowest BCUT2D eigenvalue weighted by Gasteiger charge is -2.47. The summed E-state index contributed by atoms with van der Waals surface area (Å²) in [4.78, 5) is 13.1. The van der Waals surface area contributed by atoms with Crippen molar-refractivity contribution in [3.63, 3.8) is 0 Å². The molecule has 19 heavy (non-hydrogen) atoms. The first-order valence-corrected chi connectivity index (χ1v) is 6.51. The number of carbonyl (C=O) groups excluding carboxylic acids is 1. The molecule has 0 aromatic heterocycles. The van der Waals surface area contributed by atoms with Gasteiger partial charge in [-0.25, -0.2) is 4.39 Å². The summed E-state index contributed by atoms with van der Waals surface area (Å²) < 4.78 is 13.7. The number of amides is 1. The van der Waals surface area contributed by atoms with Crippen molar-refractivity contribution in [1.82, 2.24) is 4.90 Å². The smallest absolute Gasteiger partial charge is 0.248 e. The summed E-state index contributed by atoms with van der Waals surface area (Å²) in [5, 5.41) is 10.2. The largest absolute Gasteiger partial charge is 0.387 e. The van der Waals surface area contributed by atoms with E-state index in [9.17, 15) is 14.3 Å². The molecule has 0 spiro atoms. The van der Waals surface area contributed by atoms with Crippen LogP contribution in [0.3, 0.4) is 0 Å². The van der Waals surface area contributed by atoms with Crippen molar-refractivity contribution in [3.05, 3.63) is 35.1 Å². The molecule has 0 radical (unpaired) electrons. The summed E-state index contributed by atoms with van der Waals surface area (Å²) in [6.07, 6.45) is 2.19. The summed E-state index contributed by atoms with van der Waals surface area (Å²) in [5.41, 5.74) is 5.38. The summed E-state index contributed by atoms with van der Waals surface area (Å²) in [6.45, 7) is 1.57. The molecule has 0 atom stereocenters. The maximum Gasteiger partial charge on any atom is 0.248 e.